The van der Waals surface area contributed by atoms with Crippen LogP contribution in [0.4, 0.5) is 4.39 Å². The molecule has 178 valence electrons. The first-order chi connectivity index (χ1) is 21.0. The first kappa shape index (κ1) is 12.4. The van der Waals surface area contributed by atoms with E-state index in [1.54, 1.807) is 0 Å². The average molecular weight is 480 g/mol. The van der Waals surface area contributed by atoms with E-state index in [1.807, 2.05) is 0 Å². The molecule has 2 fully saturated rings. The predicted octanol–water partition coefficient (Wildman–Crippen LogP) is 2.00. The van der Waals surface area contributed by atoms with Gasteiger partial charge in [0.25, 0.3) is 5.91 Å². The van der Waals surface area contributed by atoms with E-state index < -0.39 is 92.2 Å². The zero-order valence-electron chi connectivity index (χ0n) is 29.5. The minimum atomic E-state index is -3.32. The van der Waals surface area contributed by atoms with E-state index in [1.165, 1.54) is 12.1 Å². The molecule has 3 amide bonds. The van der Waals surface area contributed by atoms with Crippen LogP contribution in [0.15, 0.2) is 36.4 Å². The van der Waals surface area contributed by atoms with Gasteiger partial charge in [-0.05, 0) is 30.2 Å². The second kappa shape index (κ2) is 9.52. The van der Waals surface area contributed by atoms with Gasteiger partial charge >= 0.3 is 0 Å². The molecule has 2 aromatic rings. The van der Waals surface area contributed by atoms with Crippen LogP contribution in [0.2, 0.25) is 0 Å². The second-order valence-electron chi connectivity index (χ2n) is 7.57. The standard InChI is InChI=1S/C25H26FN3O5/c26-20-12-16(13-28-8-10-33-11-9-28)4-5-17(20)15-34-22-3-1-2-18-19(22)14-29(25(18)32)21-6-7-23(30)27-24(21)31/h1-5,12,21H,6-11,13-15H2,(H,27,30,31)/i8D2,9D2,10D2,11D2,14D2,15D2. The molecule has 34 heavy (non-hydrogen) atoms. The van der Waals surface area contributed by atoms with E-state index in [2.05, 4.69) is 10.1 Å². The van der Waals surface area contributed by atoms with Crippen LogP contribution >= 0.6 is 0 Å². The summed E-state index contributed by atoms with van der Waals surface area (Å²) in [6, 6.07) is 4.96. The minimum absolute atomic E-state index is 0.144. The van der Waals surface area contributed by atoms with Gasteiger partial charge in [0, 0.05) is 48.1 Å². The van der Waals surface area contributed by atoms with Gasteiger partial charge in [-0.3, -0.25) is 24.6 Å². The van der Waals surface area contributed by atoms with Gasteiger partial charge in [0.1, 0.15) is 24.2 Å². The maximum Gasteiger partial charge on any atom is 0.255 e. The van der Waals surface area contributed by atoms with Crippen LogP contribution in [-0.2, 0) is 33.9 Å². The molecule has 1 unspecified atom stereocenters. The number of nitrogens with zero attached hydrogens (tertiary/aromatic N) is 2. The van der Waals surface area contributed by atoms with Gasteiger partial charge in [-0.15, -0.1) is 0 Å². The summed E-state index contributed by atoms with van der Waals surface area (Å²) in [7, 11) is 0. The van der Waals surface area contributed by atoms with Crippen molar-refractivity contribution >= 4 is 17.7 Å². The zero-order chi connectivity index (χ0) is 34.4. The number of rotatable bonds is 6. The fourth-order valence-electron chi connectivity index (χ4n) is 3.68. The number of imide groups is 1. The quantitative estimate of drug-likeness (QED) is 0.638. The van der Waals surface area contributed by atoms with Gasteiger partial charge in [0.15, 0.2) is 0 Å². The van der Waals surface area contributed by atoms with Crippen molar-refractivity contribution in [1.29, 1.82) is 0 Å². The smallest absolute Gasteiger partial charge is 0.255 e. The number of ether oxygens (including phenoxy) is 2. The Bertz CT molecular complexity index is 1610. The molecule has 3 aliphatic rings. The highest BCUT2D eigenvalue weighted by Gasteiger charge is 2.40. The van der Waals surface area contributed by atoms with Crippen molar-refractivity contribution in [2.24, 2.45) is 0 Å². The monoisotopic (exact) mass is 479 g/mol. The summed E-state index contributed by atoms with van der Waals surface area (Å²) in [5, 5.41) is 2.06. The third kappa shape index (κ3) is 4.53. The van der Waals surface area contributed by atoms with Crippen LogP contribution in [0.5, 0.6) is 5.75 Å². The molecule has 0 saturated carbocycles. The molecular weight excluding hydrogens is 441 g/mol. The Hall–Kier alpha value is -3.30. The minimum Gasteiger partial charge on any atom is -0.488 e. The zero-order valence-corrected chi connectivity index (χ0v) is 17.5. The Morgan fingerprint density at radius 3 is 2.79 bits per heavy atom. The maximum absolute atomic E-state index is 15.5. The number of piperidine rings is 1. The number of carbonyl (C=O) groups excluding carboxylic acids is 3. The Labute approximate surface area is 213 Å². The first-order valence-corrected chi connectivity index (χ1v) is 10.2. The topological polar surface area (TPSA) is 88.2 Å². The number of morpholine rings is 1. The molecule has 2 saturated heterocycles. The van der Waals surface area contributed by atoms with E-state index in [0.29, 0.717) is 11.0 Å². The lowest BCUT2D eigenvalue weighted by molar-refractivity contribution is -0.136. The highest BCUT2D eigenvalue weighted by molar-refractivity contribution is 6.05. The highest BCUT2D eigenvalue weighted by Crippen LogP contribution is 2.34. The molecule has 8 nitrogen and oxygen atoms in total. The Morgan fingerprint density at radius 2 is 2.03 bits per heavy atom. The molecule has 0 radical (unpaired) electrons. The van der Waals surface area contributed by atoms with Gasteiger partial charge in [0.2, 0.25) is 11.8 Å². The number of benzene rings is 2. The summed E-state index contributed by atoms with van der Waals surface area (Å²) in [5.41, 5.74) is -1.60. The third-order valence-corrected chi connectivity index (χ3v) is 5.34. The summed E-state index contributed by atoms with van der Waals surface area (Å²) in [6.07, 6.45) is -0.296. The summed E-state index contributed by atoms with van der Waals surface area (Å²) in [5.74, 6) is -4.14. The second-order valence-corrected chi connectivity index (χ2v) is 7.57. The largest absolute Gasteiger partial charge is 0.488 e. The highest BCUT2D eigenvalue weighted by atomic mass is 19.1. The lowest BCUT2D eigenvalue weighted by Gasteiger charge is -2.29. The Balaban J connectivity index is 1.44. The number of nitrogens with one attached hydrogen (secondary N) is 1. The van der Waals surface area contributed by atoms with Crippen molar-refractivity contribution in [1.82, 2.24) is 15.1 Å². The fourth-order valence-corrected chi connectivity index (χ4v) is 3.68. The van der Waals surface area contributed by atoms with Crippen molar-refractivity contribution in [3.8, 4) is 5.75 Å². The maximum atomic E-state index is 15.5. The average Bonchev–Trinajstić information content (AvgIpc) is 3.11. The molecule has 0 bridgehead atoms. The van der Waals surface area contributed by atoms with Crippen LogP contribution < -0.4 is 10.1 Å². The molecule has 0 aliphatic carbocycles. The van der Waals surface area contributed by atoms with E-state index >= 15 is 4.39 Å². The SMILES string of the molecule is [2H]C([2H])(Oc1cccc2c1C([2H])([2H])N(C1CCC(=O)NC1=O)C2=O)c1ccc(CN2C([2H])([2H])C([2H])([2H])OC([2H])([2H])C2([2H])[2H])cc1F. The number of hydrogen-bond acceptors (Lipinski definition) is 6. The predicted molar refractivity (Wildman–Crippen MR) is 119 cm³/mol. The Kier molecular flexibility index (Phi) is 3.48. The normalized spacial score (nSPS) is 34.0. The number of hydrogen-bond donors (Lipinski definition) is 1. The molecule has 9 heteroatoms. The lowest BCUT2D eigenvalue weighted by atomic mass is 10.0. The number of carbonyl (C=O) groups is 3. The molecule has 5 rings (SSSR count). The first-order valence-electron chi connectivity index (χ1n) is 16.2. The van der Waals surface area contributed by atoms with Crippen LogP contribution in [0, 0.1) is 5.82 Å². The van der Waals surface area contributed by atoms with Gasteiger partial charge < -0.3 is 14.4 Å². The molecule has 1 atom stereocenters. The fraction of sp³-hybridized carbons (Fsp3) is 0.400. The van der Waals surface area contributed by atoms with Crippen LogP contribution in [0.3, 0.4) is 0 Å². The number of amides is 3. The van der Waals surface area contributed by atoms with Crippen LogP contribution in [0.1, 0.15) is 56.3 Å². The number of halogens is 1. The van der Waals surface area contributed by atoms with Crippen LogP contribution in [0.25, 0.3) is 0 Å². The van der Waals surface area contributed by atoms with Gasteiger partial charge in [-0.1, -0.05) is 18.2 Å². The van der Waals surface area contributed by atoms with E-state index in [4.69, 9.17) is 21.2 Å². The third-order valence-electron chi connectivity index (χ3n) is 5.34. The van der Waals surface area contributed by atoms with Gasteiger partial charge in [-0.2, -0.15) is 0 Å². The molecule has 0 aromatic heterocycles. The summed E-state index contributed by atoms with van der Waals surface area (Å²) in [4.78, 5) is 38.2. The molecule has 3 aliphatic heterocycles. The van der Waals surface area contributed by atoms with Gasteiger partial charge in [0.05, 0.1) is 30.6 Å². The summed E-state index contributed by atoms with van der Waals surface area (Å²) < 4.78 is 123. The lowest BCUT2D eigenvalue weighted by Crippen LogP contribution is -2.52. The Morgan fingerprint density at radius 1 is 1.21 bits per heavy atom. The van der Waals surface area contributed by atoms with Crippen molar-refractivity contribution in [2.75, 3.05) is 26.1 Å². The van der Waals surface area contributed by atoms with E-state index in [-0.39, 0.29) is 28.9 Å². The van der Waals surface area contributed by atoms with Crippen molar-refractivity contribution in [3.63, 3.8) is 0 Å². The molecule has 0 spiro atoms. The molecule has 3 heterocycles. The summed E-state index contributed by atoms with van der Waals surface area (Å²) in [6.45, 7) is -19.7. The molecule has 2 aromatic carbocycles. The van der Waals surface area contributed by atoms with Crippen molar-refractivity contribution in [2.45, 2.75) is 38.5 Å². The molecule has 1 N–H and O–H groups in total. The van der Waals surface area contributed by atoms with E-state index in [9.17, 15) is 14.4 Å². The summed E-state index contributed by atoms with van der Waals surface area (Å²) >= 11 is 0. The van der Waals surface area contributed by atoms with E-state index in [0.717, 1.165) is 18.2 Å². The molecular formula is C25H26FN3O5. The van der Waals surface area contributed by atoms with Gasteiger partial charge in [-0.25, -0.2) is 4.39 Å². The van der Waals surface area contributed by atoms with Crippen molar-refractivity contribution in [3.05, 3.63) is 64.5 Å². The van der Waals surface area contributed by atoms with Crippen LogP contribution in [-0.4, -0.2) is 59.7 Å². The number of fused-ring (bicyclic) bond motifs is 1. The van der Waals surface area contributed by atoms with Crippen molar-refractivity contribution < 1.29 is 44.7 Å².